The lowest BCUT2D eigenvalue weighted by Crippen LogP contribution is -1.97. The van der Waals surface area contributed by atoms with E-state index in [1.54, 1.807) is 6.07 Å². The molecule has 2 rings (SSSR count). The largest absolute Gasteiger partial charge is 0.294 e. The highest BCUT2D eigenvalue weighted by atomic mass is 32.2. The number of rotatable bonds is 1. The Morgan fingerprint density at radius 3 is 2.38 bits per heavy atom. The van der Waals surface area contributed by atoms with Crippen LogP contribution in [0.3, 0.4) is 0 Å². The highest BCUT2D eigenvalue weighted by molar-refractivity contribution is 7.85. The molecule has 0 saturated carbocycles. The molecule has 2 aromatic carbocycles. The van der Waals surface area contributed by atoms with Crippen LogP contribution in [0.5, 0.6) is 0 Å². The Bertz CT molecular complexity index is 657. The lowest BCUT2D eigenvalue weighted by atomic mass is 10.0. The molecule has 0 bridgehead atoms. The van der Waals surface area contributed by atoms with E-state index < -0.39 is 10.1 Å². The molecule has 0 aliphatic rings. The van der Waals surface area contributed by atoms with E-state index in [1.165, 1.54) is 12.1 Å². The lowest BCUT2D eigenvalue weighted by molar-refractivity contribution is 0.483. The summed E-state index contributed by atoms with van der Waals surface area (Å²) in [6, 6.07) is 8.42. The summed E-state index contributed by atoms with van der Waals surface area (Å²) in [5, 5.41) is 1.82. The van der Waals surface area contributed by atoms with Gasteiger partial charge in [-0.05, 0) is 47.9 Å². The molecule has 0 fully saturated rings. The van der Waals surface area contributed by atoms with Crippen molar-refractivity contribution in [2.24, 2.45) is 0 Å². The van der Waals surface area contributed by atoms with Crippen LogP contribution < -0.4 is 0 Å². The predicted octanol–water partition coefficient (Wildman–Crippen LogP) is 2.70. The molecule has 0 aliphatic carbocycles. The molecule has 3 nitrogen and oxygen atoms in total. The molecule has 1 N–H and O–H groups in total. The van der Waals surface area contributed by atoms with Crippen molar-refractivity contribution in [2.75, 3.05) is 0 Å². The first-order valence-electron chi connectivity index (χ1n) is 4.87. The Morgan fingerprint density at radius 1 is 1.06 bits per heavy atom. The van der Waals surface area contributed by atoms with Crippen LogP contribution in [-0.4, -0.2) is 13.0 Å². The molecule has 0 unspecified atom stereocenters. The Morgan fingerprint density at radius 2 is 1.75 bits per heavy atom. The summed E-state index contributed by atoms with van der Waals surface area (Å²) < 4.78 is 30.9. The Labute approximate surface area is 94.5 Å². The van der Waals surface area contributed by atoms with Crippen molar-refractivity contribution in [3.8, 4) is 0 Å². The van der Waals surface area contributed by atoms with Crippen LogP contribution in [0, 0.1) is 13.8 Å². The summed E-state index contributed by atoms with van der Waals surface area (Å²) in [5.41, 5.74) is 2.28. The average Bonchev–Trinajstić information content (AvgIpc) is 2.22. The fourth-order valence-corrected chi connectivity index (χ4v) is 2.25. The van der Waals surface area contributed by atoms with Gasteiger partial charge < -0.3 is 0 Å². The molecule has 0 spiro atoms. The summed E-state index contributed by atoms with van der Waals surface area (Å²) in [5.74, 6) is 0. The van der Waals surface area contributed by atoms with E-state index in [4.69, 9.17) is 4.55 Å². The van der Waals surface area contributed by atoms with E-state index in [0.717, 1.165) is 21.9 Å². The van der Waals surface area contributed by atoms with E-state index in [9.17, 15) is 8.42 Å². The van der Waals surface area contributed by atoms with Crippen LogP contribution in [0.1, 0.15) is 11.1 Å². The summed E-state index contributed by atoms with van der Waals surface area (Å²) in [6.45, 7) is 4.00. The van der Waals surface area contributed by atoms with Gasteiger partial charge in [-0.25, -0.2) is 0 Å². The minimum absolute atomic E-state index is 0.0664. The van der Waals surface area contributed by atoms with Gasteiger partial charge in [-0.3, -0.25) is 4.55 Å². The van der Waals surface area contributed by atoms with Gasteiger partial charge in [0.2, 0.25) is 0 Å². The van der Waals surface area contributed by atoms with Crippen molar-refractivity contribution in [3.05, 3.63) is 41.5 Å². The van der Waals surface area contributed by atoms with Gasteiger partial charge in [0.25, 0.3) is 10.1 Å². The first kappa shape index (κ1) is 11.1. The SMILES string of the molecule is Cc1ccc2cc(S(=O)(=O)O)ccc2c1C. The minimum Gasteiger partial charge on any atom is -0.282 e. The minimum atomic E-state index is -4.12. The molecule has 0 aliphatic heterocycles. The van der Waals surface area contributed by atoms with Gasteiger partial charge in [-0.2, -0.15) is 8.42 Å². The predicted molar refractivity (Wildman–Crippen MR) is 63.2 cm³/mol. The summed E-state index contributed by atoms with van der Waals surface area (Å²) in [4.78, 5) is -0.0664. The molecule has 0 atom stereocenters. The second-order valence-corrected chi connectivity index (χ2v) is 5.29. The zero-order valence-corrected chi connectivity index (χ0v) is 9.88. The quantitative estimate of drug-likeness (QED) is 0.774. The van der Waals surface area contributed by atoms with Crippen LogP contribution in [0.25, 0.3) is 10.8 Å². The van der Waals surface area contributed by atoms with E-state index in [2.05, 4.69) is 0 Å². The summed E-state index contributed by atoms with van der Waals surface area (Å²) in [6.07, 6.45) is 0. The van der Waals surface area contributed by atoms with E-state index in [0.29, 0.717) is 0 Å². The maximum atomic E-state index is 11.0. The number of hydrogen-bond donors (Lipinski definition) is 1. The number of aryl methyl sites for hydroxylation is 2. The van der Waals surface area contributed by atoms with E-state index >= 15 is 0 Å². The van der Waals surface area contributed by atoms with Gasteiger partial charge >= 0.3 is 0 Å². The Balaban J connectivity index is 2.80. The van der Waals surface area contributed by atoms with Crippen molar-refractivity contribution in [2.45, 2.75) is 18.7 Å². The summed E-state index contributed by atoms with van der Waals surface area (Å²) >= 11 is 0. The standard InChI is InChI=1S/C12H12O3S/c1-8-3-4-10-7-11(16(13,14)15)5-6-12(10)9(8)2/h3-7H,1-2H3,(H,13,14,15). The second-order valence-electron chi connectivity index (χ2n) is 3.87. The number of fused-ring (bicyclic) bond motifs is 1. The third-order valence-electron chi connectivity index (χ3n) is 2.83. The fourth-order valence-electron chi connectivity index (χ4n) is 1.73. The molecule has 84 valence electrons. The molecule has 0 aromatic heterocycles. The van der Waals surface area contributed by atoms with Gasteiger partial charge in [0.1, 0.15) is 0 Å². The zero-order valence-electron chi connectivity index (χ0n) is 9.06. The van der Waals surface area contributed by atoms with Crippen LogP contribution >= 0.6 is 0 Å². The monoisotopic (exact) mass is 236 g/mol. The third kappa shape index (κ3) is 1.81. The first-order valence-corrected chi connectivity index (χ1v) is 6.31. The molecular weight excluding hydrogens is 224 g/mol. The maximum absolute atomic E-state index is 11.0. The Kier molecular flexibility index (Phi) is 2.48. The number of benzene rings is 2. The van der Waals surface area contributed by atoms with Gasteiger partial charge in [-0.15, -0.1) is 0 Å². The van der Waals surface area contributed by atoms with Crippen LogP contribution in [-0.2, 0) is 10.1 Å². The highest BCUT2D eigenvalue weighted by Gasteiger charge is 2.10. The van der Waals surface area contributed by atoms with E-state index in [-0.39, 0.29) is 4.90 Å². The normalized spacial score (nSPS) is 11.9. The first-order chi connectivity index (χ1) is 7.39. The van der Waals surface area contributed by atoms with Crippen molar-refractivity contribution < 1.29 is 13.0 Å². The summed E-state index contributed by atoms with van der Waals surface area (Å²) in [7, 11) is -4.12. The Hall–Kier alpha value is -1.39. The van der Waals surface area contributed by atoms with Crippen LogP contribution in [0.2, 0.25) is 0 Å². The molecule has 0 radical (unpaired) electrons. The van der Waals surface area contributed by atoms with Gasteiger partial charge in [0.05, 0.1) is 4.90 Å². The molecule has 2 aromatic rings. The zero-order chi connectivity index (χ0) is 11.9. The second kappa shape index (κ2) is 3.57. The fraction of sp³-hybridized carbons (Fsp3) is 0.167. The molecule has 0 amide bonds. The van der Waals surface area contributed by atoms with Gasteiger partial charge in [0, 0.05) is 0 Å². The average molecular weight is 236 g/mol. The molecule has 16 heavy (non-hydrogen) atoms. The van der Waals surface area contributed by atoms with Crippen molar-refractivity contribution in [1.29, 1.82) is 0 Å². The van der Waals surface area contributed by atoms with Crippen LogP contribution in [0.15, 0.2) is 35.2 Å². The van der Waals surface area contributed by atoms with E-state index in [1.807, 2.05) is 26.0 Å². The van der Waals surface area contributed by atoms with Crippen molar-refractivity contribution >= 4 is 20.9 Å². The lowest BCUT2D eigenvalue weighted by Gasteiger charge is -2.06. The van der Waals surface area contributed by atoms with Crippen molar-refractivity contribution in [1.82, 2.24) is 0 Å². The molecule has 0 saturated heterocycles. The smallest absolute Gasteiger partial charge is 0.282 e. The van der Waals surface area contributed by atoms with Crippen LogP contribution in [0.4, 0.5) is 0 Å². The third-order valence-corrected chi connectivity index (χ3v) is 3.68. The molecular formula is C12H12O3S. The topological polar surface area (TPSA) is 54.4 Å². The van der Waals surface area contributed by atoms with Crippen molar-refractivity contribution in [3.63, 3.8) is 0 Å². The maximum Gasteiger partial charge on any atom is 0.294 e. The van der Waals surface area contributed by atoms with Gasteiger partial charge in [0.15, 0.2) is 0 Å². The molecule has 4 heteroatoms. The molecule has 0 heterocycles. The van der Waals surface area contributed by atoms with Gasteiger partial charge in [-0.1, -0.05) is 18.2 Å². The number of hydrogen-bond acceptors (Lipinski definition) is 2. The highest BCUT2D eigenvalue weighted by Crippen LogP contribution is 2.24.